The Balaban J connectivity index is 3.19. The molecule has 3 nitrogen and oxygen atoms in total. The molecular weight excluding hydrogens is 190 g/mol. The number of carbonyl (C=O) groups excluding carboxylic acids is 1. The van der Waals surface area contributed by atoms with Crippen LogP contribution in [0.4, 0.5) is 0 Å². The van der Waals surface area contributed by atoms with Gasteiger partial charge in [-0.25, -0.2) is 4.79 Å². The van der Waals surface area contributed by atoms with Crippen LogP contribution in [0.3, 0.4) is 0 Å². The van der Waals surface area contributed by atoms with Crippen LogP contribution in [0.15, 0.2) is 24.9 Å². The van der Waals surface area contributed by atoms with Gasteiger partial charge in [0.05, 0.1) is 12.7 Å². The van der Waals surface area contributed by atoms with Crippen molar-refractivity contribution in [1.82, 2.24) is 4.57 Å². The standard InChI is InChI=1S/C12H15NO2/c1-5-6-7-11-9(2)10(8-13(11)3)12(14)15-4/h5-8H,1H2,2-4H3/b7-6-. The molecule has 80 valence electrons. The lowest BCUT2D eigenvalue weighted by molar-refractivity contribution is 0.0600. The molecule has 0 bridgehead atoms. The van der Waals surface area contributed by atoms with Gasteiger partial charge < -0.3 is 9.30 Å². The minimum absolute atomic E-state index is 0.304. The largest absolute Gasteiger partial charge is 0.465 e. The van der Waals surface area contributed by atoms with Gasteiger partial charge in [-0.3, -0.25) is 0 Å². The van der Waals surface area contributed by atoms with Gasteiger partial charge in [0.2, 0.25) is 0 Å². The maximum absolute atomic E-state index is 11.4. The van der Waals surface area contributed by atoms with Crippen LogP contribution in [-0.4, -0.2) is 17.6 Å². The first-order valence-electron chi connectivity index (χ1n) is 4.65. The molecule has 1 heterocycles. The van der Waals surface area contributed by atoms with Gasteiger partial charge >= 0.3 is 5.97 Å². The molecule has 1 rings (SSSR count). The van der Waals surface area contributed by atoms with Crippen molar-refractivity contribution < 1.29 is 9.53 Å². The van der Waals surface area contributed by atoms with Crippen LogP contribution in [0.2, 0.25) is 0 Å². The zero-order valence-electron chi connectivity index (χ0n) is 9.28. The number of methoxy groups -OCH3 is 1. The van der Waals surface area contributed by atoms with Crippen molar-refractivity contribution in [2.75, 3.05) is 7.11 Å². The fourth-order valence-electron chi connectivity index (χ4n) is 1.48. The topological polar surface area (TPSA) is 31.2 Å². The van der Waals surface area contributed by atoms with Crippen LogP contribution in [0, 0.1) is 6.92 Å². The van der Waals surface area contributed by atoms with E-state index in [0.717, 1.165) is 11.3 Å². The Kier molecular flexibility index (Phi) is 3.50. The Morgan fingerprint density at radius 3 is 2.80 bits per heavy atom. The Morgan fingerprint density at radius 2 is 2.27 bits per heavy atom. The number of esters is 1. The summed E-state index contributed by atoms with van der Waals surface area (Å²) >= 11 is 0. The van der Waals surface area contributed by atoms with E-state index in [1.54, 1.807) is 12.3 Å². The summed E-state index contributed by atoms with van der Waals surface area (Å²) in [6, 6.07) is 0. The first-order valence-corrected chi connectivity index (χ1v) is 4.65. The van der Waals surface area contributed by atoms with Gasteiger partial charge in [-0.15, -0.1) is 0 Å². The van der Waals surface area contributed by atoms with Crippen LogP contribution in [0.1, 0.15) is 21.6 Å². The smallest absolute Gasteiger partial charge is 0.339 e. The normalized spacial score (nSPS) is 10.6. The van der Waals surface area contributed by atoms with E-state index in [1.807, 2.05) is 30.7 Å². The highest BCUT2D eigenvalue weighted by atomic mass is 16.5. The molecule has 0 spiro atoms. The van der Waals surface area contributed by atoms with Crippen molar-refractivity contribution >= 4 is 12.0 Å². The van der Waals surface area contributed by atoms with E-state index in [1.165, 1.54) is 7.11 Å². The predicted molar refractivity (Wildman–Crippen MR) is 60.7 cm³/mol. The van der Waals surface area contributed by atoms with Gasteiger partial charge in [-0.05, 0) is 18.6 Å². The van der Waals surface area contributed by atoms with Crippen LogP contribution >= 0.6 is 0 Å². The molecule has 0 aromatic carbocycles. The molecule has 0 fully saturated rings. The summed E-state index contributed by atoms with van der Waals surface area (Å²) in [6.45, 7) is 5.50. The minimum Gasteiger partial charge on any atom is -0.465 e. The highest BCUT2D eigenvalue weighted by Crippen LogP contribution is 2.17. The molecule has 0 aliphatic heterocycles. The van der Waals surface area contributed by atoms with Crippen molar-refractivity contribution in [1.29, 1.82) is 0 Å². The number of hydrogen-bond donors (Lipinski definition) is 0. The lowest BCUT2D eigenvalue weighted by Crippen LogP contribution is -2.01. The number of aromatic nitrogens is 1. The lowest BCUT2D eigenvalue weighted by Gasteiger charge is -1.98. The number of rotatable bonds is 3. The molecule has 0 saturated carbocycles. The zero-order valence-corrected chi connectivity index (χ0v) is 9.28. The van der Waals surface area contributed by atoms with Crippen molar-refractivity contribution in [3.8, 4) is 0 Å². The summed E-state index contributed by atoms with van der Waals surface area (Å²) in [5.41, 5.74) is 2.50. The second-order valence-electron chi connectivity index (χ2n) is 3.25. The molecule has 0 atom stereocenters. The van der Waals surface area contributed by atoms with Crippen molar-refractivity contribution in [2.24, 2.45) is 7.05 Å². The fourth-order valence-corrected chi connectivity index (χ4v) is 1.48. The van der Waals surface area contributed by atoms with Gasteiger partial charge in [0.1, 0.15) is 0 Å². The molecule has 0 N–H and O–H groups in total. The van der Waals surface area contributed by atoms with E-state index in [-0.39, 0.29) is 5.97 Å². The van der Waals surface area contributed by atoms with Crippen LogP contribution < -0.4 is 0 Å². The van der Waals surface area contributed by atoms with Crippen molar-refractivity contribution in [3.05, 3.63) is 41.7 Å². The van der Waals surface area contributed by atoms with E-state index in [0.29, 0.717) is 5.56 Å². The van der Waals surface area contributed by atoms with Crippen LogP contribution in [0.25, 0.3) is 6.08 Å². The average molecular weight is 205 g/mol. The van der Waals surface area contributed by atoms with Gasteiger partial charge in [0, 0.05) is 18.9 Å². The summed E-state index contributed by atoms with van der Waals surface area (Å²) in [5, 5.41) is 0. The summed E-state index contributed by atoms with van der Waals surface area (Å²) in [6.07, 6.45) is 7.21. The van der Waals surface area contributed by atoms with E-state index in [9.17, 15) is 4.79 Å². The van der Waals surface area contributed by atoms with Crippen LogP contribution in [0.5, 0.6) is 0 Å². The Morgan fingerprint density at radius 1 is 1.60 bits per heavy atom. The molecule has 1 aromatic heterocycles. The molecule has 3 heteroatoms. The number of nitrogens with zero attached hydrogens (tertiary/aromatic N) is 1. The monoisotopic (exact) mass is 205 g/mol. The van der Waals surface area contributed by atoms with Gasteiger partial charge in [0.15, 0.2) is 0 Å². The number of hydrogen-bond acceptors (Lipinski definition) is 2. The second kappa shape index (κ2) is 4.64. The lowest BCUT2D eigenvalue weighted by atomic mass is 10.1. The molecule has 0 aliphatic carbocycles. The molecular formula is C12H15NO2. The average Bonchev–Trinajstić information content (AvgIpc) is 2.51. The first-order chi connectivity index (χ1) is 7.11. The molecule has 0 aliphatic rings. The third-order valence-corrected chi connectivity index (χ3v) is 2.29. The Hall–Kier alpha value is -1.77. The summed E-state index contributed by atoms with van der Waals surface area (Å²) in [4.78, 5) is 11.4. The third kappa shape index (κ3) is 2.18. The number of ether oxygens (including phenoxy) is 1. The number of aryl methyl sites for hydroxylation is 1. The second-order valence-corrected chi connectivity index (χ2v) is 3.25. The zero-order chi connectivity index (χ0) is 11.4. The highest BCUT2D eigenvalue weighted by Gasteiger charge is 2.14. The van der Waals surface area contributed by atoms with Gasteiger partial charge in [-0.2, -0.15) is 0 Å². The highest BCUT2D eigenvalue weighted by molar-refractivity contribution is 5.92. The summed E-state index contributed by atoms with van der Waals surface area (Å²) in [5.74, 6) is -0.304. The molecule has 15 heavy (non-hydrogen) atoms. The maximum atomic E-state index is 11.4. The molecule has 0 unspecified atom stereocenters. The maximum Gasteiger partial charge on any atom is 0.339 e. The van der Waals surface area contributed by atoms with E-state index in [2.05, 4.69) is 6.58 Å². The Bertz CT molecular complexity index is 414. The van der Waals surface area contributed by atoms with Gasteiger partial charge in [-0.1, -0.05) is 18.7 Å². The van der Waals surface area contributed by atoms with E-state index >= 15 is 0 Å². The fraction of sp³-hybridized carbons (Fsp3) is 0.250. The van der Waals surface area contributed by atoms with E-state index in [4.69, 9.17) is 4.74 Å². The van der Waals surface area contributed by atoms with Crippen molar-refractivity contribution in [3.63, 3.8) is 0 Å². The molecule has 1 aromatic rings. The summed E-state index contributed by atoms with van der Waals surface area (Å²) in [7, 11) is 3.27. The Labute approximate surface area is 89.7 Å². The molecule has 0 saturated heterocycles. The SMILES string of the molecule is C=C/C=C\c1c(C)c(C(=O)OC)cn1C. The third-order valence-electron chi connectivity index (χ3n) is 2.29. The van der Waals surface area contributed by atoms with Crippen molar-refractivity contribution in [2.45, 2.75) is 6.92 Å². The molecule has 0 radical (unpaired) electrons. The minimum atomic E-state index is -0.304. The van der Waals surface area contributed by atoms with E-state index < -0.39 is 0 Å². The molecule has 0 amide bonds. The first kappa shape index (κ1) is 11.3. The predicted octanol–water partition coefficient (Wildman–Crippen LogP) is 2.32. The summed E-state index contributed by atoms with van der Waals surface area (Å²) < 4.78 is 6.58. The quantitative estimate of drug-likeness (QED) is 0.560. The number of allylic oxidation sites excluding steroid dienone is 2. The van der Waals surface area contributed by atoms with Gasteiger partial charge in [0.25, 0.3) is 0 Å². The van der Waals surface area contributed by atoms with Crippen LogP contribution in [-0.2, 0) is 11.8 Å². The number of carbonyl (C=O) groups is 1.